The summed E-state index contributed by atoms with van der Waals surface area (Å²) >= 11 is 0. The summed E-state index contributed by atoms with van der Waals surface area (Å²) in [6, 6.07) is 12.0. The summed E-state index contributed by atoms with van der Waals surface area (Å²) in [5.41, 5.74) is 2.10. The number of ketones is 1. The van der Waals surface area contributed by atoms with Gasteiger partial charge in [0.05, 0.1) is 33.4 Å². The van der Waals surface area contributed by atoms with Gasteiger partial charge in [-0.3, -0.25) is 14.9 Å². The van der Waals surface area contributed by atoms with Gasteiger partial charge in [-0.25, -0.2) is 0 Å². The van der Waals surface area contributed by atoms with Crippen LogP contribution in [0.4, 0.5) is 11.4 Å². The first-order valence-electron chi connectivity index (χ1n) is 10.9. The first-order chi connectivity index (χ1) is 17.8. The lowest BCUT2D eigenvalue weighted by Crippen LogP contribution is -1.98. The molecule has 0 unspecified atom stereocenters. The molecule has 0 aliphatic heterocycles. The fraction of sp³-hybridized carbons (Fsp3) is 0.148. The summed E-state index contributed by atoms with van der Waals surface area (Å²) in [6.07, 6.45) is 6.29. The second-order valence-corrected chi connectivity index (χ2v) is 7.55. The number of rotatable bonds is 11. The third kappa shape index (κ3) is 6.37. The van der Waals surface area contributed by atoms with Crippen LogP contribution in [0.15, 0.2) is 60.8 Å². The third-order valence-corrected chi connectivity index (χ3v) is 5.33. The number of hydrogen-bond donors (Lipinski definition) is 2. The highest BCUT2D eigenvalue weighted by Crippen LogP contribution is 2.39. The second-order valence-electron chi connectivity index (χ2n) is 7.55. The van der Waals surface area contributed by atoms with Gasteiger partial charge in [0.25, 0.3) is 5.69 Å². The van der Waals surface area contributed by atoms with E-state index in [0.717, 1.165) is 5.56 Å². The number of nitro benzene ring substituents is 1. The van der Waals surface area contributed by atoms with Crippen LogP contribution in [-0.2, 0) is 0 Å². The molecule has 0 bridgehead atoms. The number of nitrogens with one attached hydrogen (secondary N) is 1. The molecule has 10 nitrogen and oxygen atoms in total. The Balaban J connectivity index is 1.88. The minimum atomic E-state index is -0.531. The molecule has 0 radical (unpaired) electrons. The maximum absolute atomic E-state index is 12.5. The van der Waals surface area contributed by atoms with E-state index >= 15 is 0 Å². The minimum Gasteiger partial charge on any atom is -0.504 e. The average Bonchev–Trinajstić information content (AvgIpc) is 2.91. The van der Waals surface area contributed by atoms with Gasteiger partial charge in [-0.15, -0.1) is 0 Å². The number of carbonyl (C=O) groups excluding carboxylic acids is 1. The molecule has 0 atom stereocenters. The van der Waals surface area contributed by atoms with Gasteiger partial charge in [0.15, 0.2) is 28.8 Å². The SMILES string of the molecule is COc1cc(NC=CC(=O)c2ccc([N+](=O)[O-])cc2)c(C=Cc2cc(OC)c(OC)c(OC)c2)cc1O. The normalized spacial score (nSPS) is 10.9. The van der Waals surface area contributed by atoms with Crippen LogP contribution in [0.5, 0.6) is 28.7 Å². The highest BCUT2D eigenvalue weighted by Gasteiger charge is 2.13. The Morgan fingerprint density at radius 3 is 2.05 bits per heavy atom. The minimum absolute atomic E-state index is 0.0662. The van der Waals surface area contributed by atoms with Crippen molar-refractivity contribution in [2.24, 2.45) is 0 Å². The number of allylic oxidation sites excluding steroid dienone is 1. The molecule has 0 aromatic heterocycles. The van der Waals surface area contributed by atoms with Crippen LogP contribution >= 0.6 is 0 Å². The van der Waals surface area contributed by atoms with Crippen molar-refractivity contribution in [1.82, 2.24) is 0 Å². The van der Waals surface area contributed by atoms with Crippen LogP contribution in [0.1, 0.15) is 21.5 Å². The Labute approximate surface area is 213 Å². The van der Waals surface area contributed by atoms with Crippen LogP contribution in [0.25, 0.3) is 12.2 Å². The third-order valence-electron chi connectivity index (χ3n) is 5.33. The van der Waals surface area contributed by atoms with Gasteiger partial charge in [0, 0.05) is 47.3 Å². The molecular weight excluding hydrogens is 480 g/mol. The molecule has 3 aromatic rings. The number of nitro groups is 1. The number of phenolic OH excluding ortho intramolecular Hbond substituents is 1. The van der Waals surface area contributed by atoms with E-state index in [9.17, 15) is 20.0 Å². The number of carbonyl (C=O) groups is 1. The molecular formula is C27H26N2O8. The average molecular weight is 507 g/mol. The monoisotopic (exact) mass is 506 g/mol. The summed E-state index contributed by atoms with van der Waals surface area (Å²) in [6.45, 7) is 0. The van der Waals surface area contributed by atoms with E-state index in [4.69, 9.17) is 18.9 Å². The van der Waals surface area contributed by atoms with Crippen molar-refractivity contribution in [2.75, 3.05) is 33.8 Å². The summed E-state index contributed by atoms with van der Waals surface area (Å²) in [5, 5.41) is 24.1. The van der Waals surface area contributed by atoms with E-state index < -0.39 is 4.92 Å². The Morgan fingerprint density at radius 2 is 1.51 bits per heavy atom. The number of ether oxygens (including phenoxy) is 4. The lowest BCUT2D eigenvalue weighted by atomic mass is 10.1. The molecule has 10 heteroatoms. The van der Waals surface area contributed by atoms with E-state index in [0.29, 0.717) is 34.1 Å². The van der Waals surface area contributed by atoms with Crippen molar-refractivity contribution in [2.45, 2.75) is 0 Å². The van der Waals surface area contributed by atoms with Gasteiger partial charge in [-0.1, -0.05) is 12.2 Å². The van der Waals surface area contributed by atoms with Crippen molar-refractivity contribution >= 4 is 29.3 Å². The number of hydrogen-bond acceptors (Lipinski definition) is 9. The topological polar surface area (TPSA) is 129 Å². The number of phenols is 1. The van der Waals surface area contributed by atoms with Crippen molar-refractivity contribution in [3.05, 3.63) is 87.6 Å². The summed E-state index contributed by atoms with van der Waals surface area (Å²) in [4.78, 5) is 22.7. The van der Waals surface area contributed by atoms with Gasteiger partial charge in [0.2, 0.25) is 5.75 Å². The molecule has 192 valence electrons. The summed E-state index contributed by atoms with van der Waals surface area (Å²) < 4.78 is 21.3. The second kappa shape index (κ2) is 12.1. The highest BCUT2D eigenvalue weighted by molar-refractivity contribution is 6.04. The molecule has 0 aliphatic rings. The molecule has 0 heterocycles. The molecule has 2 N–H and O–H groups in total. The Bertz CT molecular complexity index is 1320. The molecule has 0 saturated heterocycles. The van der Waals surface area contributed by atoms with Crippen molar-refractivity contribution < 1.29 is 33.8 Å². The van der Waals surface area contributed by atoms with E-state index in [1.807, 2.05) is 0 Å². The van der Waals surface area contributed by atoms with Gasteiger partial charge in [-0.2, -0.15) is 0 Å². The number of benzene rings is 3. The maximum Gasteiger partial charge on any atom is 0.269 e. The molecule has 0 spiro atoms. The van der Waals surface area contributed by atoms with Crippen molar-refractivity contribution in [3.63, 3.8) is 0 Å². The molecule has 0 fully saturated rings. The standard InChI is InChI=1S/C27H26N2O8/c1-34-24-16-21(28-12-11-22(30)18-7-9-20(10-8-18)29(32)33)19(15-23(24)31)6-5-17-13-25(35-2)27(37-4)26(14-17)36-3/h5-16,28,31H,1-4H3. The zero-order chi connectivity index (χ0) is 26.9. The molecule has 0 amide bonds. The Hall–Kier alpha value is -4.99. The Kier molecular flexibility index (Phi) is 8.71. The number of non-ortho nitro benzene ring substituents is 1. The predicted octanol–water partition coefficient (Wildman–Crippen LogP) is 5.31. The van der Waals surface area contributed by atoms with Crippen LogP contribution in [-0.4, -0.2) is 44.3 Å². The number of anilines is 1. The lowest BCUT2D eigenvalue weighted by molar-refractivity contribution is -0.384. The van der Waals surface area contributed by atoms with Gasteiger partial charge < -0.3 is 29.4 Å². The van der Waals surface area contributed by atoms with Crippen LogP contribution in [0, 0.1) is 10.1 Å². The summed E-state index contributed by atoms with van der Waals surface area (Å²) in [7, 11) is 6.00. The van der Waals surface area contributed by atoms with Crippen molar-refractivity contribution in [1.29, 1.82) is 0 Å². The first kappa shape index (κ1) is 26.6. The quantitative estimate of drug-likeness (QED) is 0.0887. The van der Waals surface area contributed by atoms with Gasteiger partial charge >= 0.3 is 0 Å². The number of aromatic hydroxyl groups is 1. The fourth-order valence-corrected chi connectivity index (χ4v) is 3.45. The molecule has 3 rings (SSSR count). The van der Waals surface area contributed by atoms with Crippen LogP contribution < -0.4 is 24.3 Å². The number of nitrogens with zero attached hydrogens (tertiary/aromatic N) is 1. The fourth-order valence-electron chi connectivity index (χ4n) is 3.45. The lowest BCUT2D eigenvalue weighted by Gasteiger charge is -2.13. The number of methoxy groups -OCH3 is 4. The molecule has 0 aliphatic carbocycles. The Morgan fingerprint density at radius 1 is 0.892 bits per heavy atom. The molecule has 37 heavy (non-hydrogen) atoms. The zero-order valence-corrected chi connectivity index (χ0v) is 20.7. The van der Waals surface area contributed by atoms with Crippen LogP contribution in [0.3, 0.4) is 0 Å². The van der Waals surface area contributed by atoms with Gasteiger partial charge in [-0.05, 0) is 35.9 Å². The van der Waals surface area contributed by atoms with E-state index in [-0.39, 0.29) is 23.0 Å². The zero-order valence-electron chi connectivity index (χ0n) is 20.7. The maximum atomic E-state index is 12.5. The first-order valence-corrected chi connectivity index (χ1v) is 10.9. The highest BCUT2D eigenvalue weighted by atomic mass is 16.6. The van der Waals surface area contributed by atoms with E-state index in [1.54, 1.807) is 30.4 Å². The van der Waals surface area contributed by atoms with Gasteiger partial charge in [0.1, 0.15) is 0 Å². The van der Waals surface area contributed by atoms with Crippen molar-refractivity contribution in [3.8, 4) is 28.7 Å². The summed E-state index contributed by atoms with van der Waals surface area (Å²) in [5.74, 6) is 1.28. The van der Waals surface area contributed by atoms with E-state index in [1.165, 1.54) is 71.0 Å². The molecule has 0 saturated carbocycles. The van der Waals surface area contributed by atoms with Crippen LogP contribution in [0.2, 0.25) is 0 Å². The largest absolute Gasteiger partial charge is 0.504 e. The molecule has 3 aromatic carbocycles. The predicted molar refractivity (Wildman–Crippen MR) is 140 cm³/mol. The smallest absolute Gasteiger partial charge is 0.269 e. The van der Waals surface area contributed by atoms with E-state index in [2.05, 4.69) is 5.32 Å².